The third-order valence-corrected chi connectivity index (χ3v) is 30.4. The van der Waals surface area contributed by atoms with E-state index in [9.17, 15) is 45.8 Å². The van der Waals surface area contributed by atoms with Crippen LogP contribution in [0.25, 0.3) is 16.7 Å². The summed E-state index contributed by atoms with van der Waals surface area (Å²) in [6, 6.07) is 36.3. The molecule has 0 unspecified atom stereocenters. The normalized spacial score (nSPS) is 11.9. The van der Waals surface area contributed by atoms with Crippen LogP contribution in [0.1, 0.15) is 137 Å². The fourth-order valence-electron chi connectivity index (χ4n) is 11.1. The van der Waals surface area contributed by atoms with Crippen molar-refractivity contribution in [2.45, 2.75) is 214 Å². The first-order valence-electron chi connectivity index (χ1n) is 39.3. The fraction of sp³-hybridized carbons (Fsp3) is 0.438. The van der Waals surface area contributed by atoms with Gasteiger partial charge >= 0.3 is 0 Å². The van der Waals surface area contributed by atoms with E-state index in [4.69, 9.17) is 47.1 Å². The molecule has 0 aliphatic carbocycles. The number of ether oxygens (including phenoxy) is 5. The van der Waals surface area contributed by atoms with Gasteiger partial charge in [0.05, 0.1) is 94.0 Å². The summed E-state index contributed by atoms with van der Waals surface area (Å²) in [7, 11) is -1.94. The van der Waals surface area contributed by atoms with Crippen LogP contribution in [-0.2, 0) is 21.7 Å². The van der Waals surface area contributed by atoms with Crippen molar-refractivity contribution in [1.29, 1.82) is 0 Å². The number of fused-ring (bicyclic) bond motifs is 1. The number of rotatable bonds is 30. The van der Waals surface area contributed by atoms with E-state index in [1.54, 1.807) is 50.4 Å². The molecule has 0 bridgehead atoms. The number of phenols is 5. The number of aromatic hydroxyl groups is 5. The van der Waals surface area contributed by atoms with Crippen LogP contribution in [0.5, 0.6) is 57.5 Å². The topological polar surface area (TPSA) is 314 Å². The smallest absolute Gasteiger partial charge is 0.300 e. The monoisotopic (exact) mass is 1730 g/mol. The Hall–Kier alpha value is -9.65. The molecular weight excluding hydrogens is 1600 g/mol. The lowest BCUT2D eigenvalue weighted by atomic mass is 9.86. The Bertz CT molecular complexity index is 4720. The number of methoxy groups -OCH3 is 2. The number of aryl methyl sites for hydroxylation is 1. The number of nitro benzene ring substituents is 2. The average Bonchev–Trinajstić information content (AvgIpc) is 1.54. The summed E-state index contributed by atoms with van der Waals surface area (Å²) in [5, 5.41) is 93.1. The van der Waals surface area contributed by atoms with Gasteiger partial charge in [-0.05, 0) is 139 Å². The molecule has 23 nitrogen and oxygen atoms in total. The van der Waals surface area contributed by atoms with Crippen LogP contribution >= 0.6 is 23.4 Å². The first-order chi connectivity index (χ1) is 54.7. The van der Waals surface area contributed by atoms with Crippen molar-refractivity contribution >= 4 is 95.1 Å². The summed E-state index contributed by atoms with van der Waals surface area (Å²) in [6.07, 6.45) is 4.07. The van der Waals surface area contributed by atoms with E-state index in [-0.39, 0.29) is 73.1 Å². The highest BCUT2D eigenvalue weighted by Crippen LogP contribution is 2.44. The Morgan fingerprint density at radius 1 is 0.449 bits per heavy atom. The van der Waals surface area contributed by atoms with E-state index in [0.717, 1.165) is 83.8 Å². The number of halogens is 2. The second kappa shape index (κ2) is 46.1. The maximum absolute atomic E-state index is 11.4. The quantitative estimate of drug-likeness (QED) is 0.00531. The van der Waals surface area contributed by atoms with Gasteiger partial charge in [-0.3, -0.25) is 20.2 Å². The van der Waals surface area contributed by atoms with Gasteiger partial charge in [-0.2, -0.15) is 0 Å². The van der Waals surface area contributed by atoms with Crippen LogP contribution < -0.4 is 23.7 Å². The van der Waals surface area contributed by atoms with Crippen LogP contribution in [0.15, 0.2) is 184 Å². The lowest BCUT2D eigenvalue weighted by Gasteiger charge is -2.23. The van der Waals surface area contributed by atoms with Crippen molar-refractivity contribution in [1.82, 2.24) is 15.0 Å². The molecule has 1 aromatic heterocycles. The Labute approximate surface area is 714 Å². The molecule has 8 rings (SSSR count). The zero-order valence-corrected chi connectivity index (χ0v) is 79.3. The molecule has 0 atom stereocenters. The maximum atomic E-state index is 11.4. The van der Waals surface area contributed by atoms with E-state index in [2.05, 4.69) is 173 Å². The largest absolute Gasteiger partial charge is 0.508 e. The summed E-state index contributed by atoms with van der Waals surface area (Å²) in [5.41, 5.74) is 13.5. The number of benzene rings is 7. The molecule has 0 radical (unpaired) electrons. The van der Waals surface area contributed by atoms with Gasteiger partial charge in [-0.25, -0.2) is 0 Å². The maximum Gasteiger partial charge on any atom is 0.300 e. The SMILES string of the molecule is C=C[Si](C)(C)CCCCl.C=C[Si](C)(C)CCCOc1cc(-n2nc3ccc(OC)cc3n2)c(O)c(C(C)(C)C)c1.C=C[Si](C)(C)CCCOc1cc(N=Nc2ccc(C)cc2[N+](=O)[O-])c(O)c(C(C)(C)C)c1.C=C[Si](C)(C)CCCOc1ccc(O)c(C(C)(C)C)c1.CC(C)(C)c1cc(O)ccc1O.COc1ccc(N=NCl)c([N+](=O)[O-])c1. The van der Waals surface area contributed by atoms with Crippen LogP contribution in [-0.4, -0.2) is 123 Å². The van der Waals surface area contributed by atoms with Gasteiger partial charge in [-0.1, -0.05) is 170 Å². The highest BCUT2D eigenvalue weighted by atomic mass is 35.5. The lowest BCUT2D eigenvalue weighted by molar-refractivity contribution is -0.384. The molecule has 0 aliphatic heterocycles. The fourth-order valence-corrected chi connectivity index (χ4v) is 16.7. The number of hydrogen-bond donors (Lipinski definition) is 5. The van der Waals surface area contributed by atoms with E-state index in [0.29, 0.717) is 58.7 Å². The molecule has 0 spiro atoms. The highest BCUT2D eigenvalue weighted by molar-refractivity contribution is 6.83. The standard InChI is InChI=1S/C24H33N3O4Si.C24H33N3O3Si.C17H28O2Si.C10H14O2.C7H6ClN3O3.C7H15ClSi/c1-8-32(6,7)13-9-12-31-18-15-19(24(3,4)5)23(28)21(16-18)26-25-20-11-10-17(2)14-22(20)27(29)30;1-8-31(6,7)13-9-12-30-18-14-19(24(2,3)4)23(28)22(16-18)27-25-20-11-10-17(29-5)15-21(20)26-27;1-7-20(5,6)12-8-11-19-14-9-10-16(18)15(13-14)17(2,3)4;1-10(2,3)8-6-7(11)4-5-9(8)12;1-14-5-2-3-6(9-10-8)7(4-5)11(12)13;1-4-9(2,3)7-5-6-8/h8,10-11,14-16,28H,1,9,12-13H2,2-7H3;8,10-11,14-16,28H,1,9,12-13H2,2-7H3;7,9-10,13,18H,1,8,11-12H2,2-6H3;4-6,11-12H,1-3H3;2-4H,1H3;4H,1,5-7H2,2-3H3. The van der Waals surface area contributed by atoms with Gasteiger partial charge in [0.1, 0.15) is 79.9 Å². The Morgan fingerprint density at radius 3 is 1.28 bits per heavy atom. The highest BCUT2D eigenvalue weighted by Gasteiger charge is 2.28. The van der Waals surface area contributed by atoms with Gasteiger partial charge in [0.15, 0.2) is 11.4 Å². The Kier molecular flexibility index (Phi) is 40.0. The summed E-state index contributed by atoms with van der Waals surface area (Å²) in [6.45, 7) is 62.0. The van der Waals surface area contributed by atoms with Gasteiger partial charge in [0, 0.05) is 52.4 Å². The van der Waals surface area contributed by atoms with Crippen LogP contribution in [0.4, 0.5) is 28.4 Å². The number of alkyl halides is 1. The Balaban J connectivity index is 0.000000386. The molecule has 0 fully saturated rings. The van der Waals surface area contributed by atoms with Crippen molar-refractivity contribution < 1.29 is 59.1 Å². The number of nitrogens with zero attached hydrogens (tertiary/aromatic N) is 9. The molecule has 5 N–H and O–H groups in total. The summed E-state index contributed by atoms with van der Waals surface area (Å²) < 4.78 is 31.0. The molecule has 29 heteroatoms. The van der Waals surface area contributed by atoms with Gasteiger partial charge < -0.3 is 49.2 Å². The molecule has 0 saturated carbocycles. The van der Waals surface area contributed by atoms with E-state index in [1.165, 1.54) is 60.4 Å². The minimum atomic E-state index is -1.39. The molecule has 644 valence electrons. The number of nitro groups is 2. The molecule has 0 saturated heterocycles. The van der Waals surface area contributed by atoms with Crippen molar-refractivity contribution in [3.63, 3.8) is 0 Å². The third-order valence-electron chi connectivity index (χ3n) is 19.1. The molecule has 0 aliphatic rings. The second-order valence-corrected chi connectivity index (χ2v) is 55.6. The number of azo groups is 1. The third kappa shape index (κ3) is 34.7. The van der Waals surface area contributed by atoms with Crippen LogP contribution in [0.3, 0.4) is 0 Å². The molecule has 8 aromatic rings. The predicted octanol–water partition coefficient (Wildman–Crippen LogP) is 26.3. The summed E-state index contributed by atoms with van der Waals surface area (Å²) in [5.74, 6) is 4.93. The van der Waals surface area contributed by atoms with Gasteiger partial charge in [0.25, 0.3) is 11.4 Å². The van der Waals surface area contributed by atoms with Crippen molar-refractivity contribution in [2.75, 3.05) is 39.9 Å². The molecule has 1 heterocycles. The van der Waals surface area contributed by atoms with E-state index < -0.39 is 42.1 Å². The Morgan fingerprint density at radius 2 is 0.831 bits per heavy atom. The molecule has 0 amide bonds. The van der Waals surface area contributed by atoms with Gasteiger partial charge in [-0.15, -0.1) is 91.1 Å². The van der Waals surface area contributed by atoms with Crippen molar-refractivity contribution in [3.05, 3.63) is 212 Å². The number of aromatic nitrogens is 3. The number of hydrogen-bond acceptors (Lipinski definition) is 20. The zero-order chi connectivity index (χ0) is 89.5. The van der Waals surface area contributed by atoms with E-state index in [1.807, 2.05) is 84.0 Å². The number of phenolic OH excluding ortho intramolecular Hbond substituents is 5. The minimum Gasteiger partial charge on any atom is -0.508 e. The average molecular weight is 1730 g/mol. The first kappa shape index (κ1) is 103. The molecule has 118 heavy (non-hydrogen) atoms. The van der Waals surface area contributed by atoms with E-state index >= 15 is 0 Å². The summed E-state index contributed by atoms with van der Waals surface area (Å²) in [4.78, 5) is 22.3. The second-order valence-electron chi connectivity index (χ2n) is 35.6. The predicted molar refractivity (Wildman–Crippen MR) is 496 cm³/mol. The minimum absolute atomic E-state index is 0.0106. The van der Waals surface area contributed by atoms with Gasteiger partial charge in [0.2, 0.25) is 0 Å². The first-order valence-corrected chi connectivity index (χ1v) is 53.3. The van der Waals surface area contributed by atoms with Crippen LogP contribution in [0, 0.1) is 27.2 Å². The molecule has 7 aromatic carbocycles. The lowest BCUT2D eigenvalue weighted by Crippen LogP contribution is -2.22. The molecular formula is C89H129Cl2N9O14Si4. The zero-order valence-electron chi connectivity index (χ0n) is 73.8. The van der Waals surface area contributed by atoms with Crippen molar-refractivity contribution in [3.8, 4) is 63.2 Å². The van der Waals surface area contributed by atoms with Crippen molar-refractivity contribution in [2.24, 2.45) is 20.0 Å². The summed E-state index contributed by atoms with van der Waals surface area (Å²) >= 11 is 10.5. The van der Waals surface area contributed by atoms with Crippen LogP contribution in [0.2, 0.25) is 76.6 Å².